The molecular weight excluding hydrogens is 179 g/mol. The average Bonchev–Trinajstić information content (AvgIpc) is 2.41. The van der Waals surface area contributed by atoms with Crippen molar-refractivity contribution in [3.8, 4) is 5.75 Å². The summed E-state index contributed by atoms with van der Waals surface area (Å²) in [5.41, 5.74) is 1.47. The first-order valence-corrected chi connectivity index (χ1v) is 4.17. The highest BCUT2D eigenvalue weighted by atomic mass is 32.1. The van der Waals surface area contributed by atoms with Gasteiger partial charge in [0.25, 0.3) is 5.95 Å². The molecule has 3 nitrogen and oxygen atoms in total. The fraction of sp³-hybridized carbons (Fsp3) is 0.143. The van der Waals surface area contributed by atoms with Gasteiger partial charge in [-0.3, -0.25) is 0 Å². The second-order valence-electron chi connectivity index (χ2n) is 2.44. The van der Waals surface area contributed by atoms with Crippen molar-refractivity contribution in [2.24, 2.45) is 0 Å². The van der Waals surface area contributed by atoms with Crippen LogP contribution in [-0.2, 0) is 0 Å². The number of nitrogens with zero attached hydrogens (tertiary/aromatic N) is 2. The SMILES string of the molecule is Cc1csc2c(O)c(F)nnc12. The van der Waals surface area contributed by atoms with E-state index in [9.17, 15) is 9.50 Å². The van der Waals surface area contributed by atoms with Gasteiger partial charge in [-0.2, -0.15) is 4.39 Å². The number of aromatic hydroxyl groups is 1. The summed E-state index contributed by atoms with van der Waals surface area (Å²) in [4.78, 5) is 0. The molecule has 0 aliphatic rings. The lowest BCUT2D eigenvalue weighted by Crippen LogP contribution is -1.88. The molecule has 0 saturated heterocycles. The number of halogens is 1. The molecule has 0 radical (unpaired) electrons. The van der Waals surface area contributed by atoms with Gasteiger partial charge in [0.1, 0.15) is 10.2 Å². The predicted molar refractivity (Wildman–Crippen MR) is 43.8 cm³/mol. The minimum Gasteiger partial charge on any atom is -0.503 e. The molecule has 2 heterocycles. The molecule has 0 aliphatic heterocycles. The molecule has 2 rings (SSSR count). The molecule has 62 valence electrons. The molecule has 12 heavy (non-hydrogen) atoms. The molecule has 0 bridgehead atoms. The lowest BCUT2D eigenvalue weighted by molar-refractivity contribution is 0.421. The van der Waals surface area contributed by atoms with Crippen molar-refractivity contribution < 1.29 is 9.50 Å². The van der Waals surface area contributed by atoms with E-state index in [2.05, 4.69) is 10.2 Å². The second kappa shape index (κ2) is 2.38. The standard InChI is InChI=1S/C7H5FN2OS/c1-3-2-12-6-4(3)9-10-7(8)5(6)11/h2H,1H3,(H,9,11). The molecule has 0 aliphatic carbocycles. The van der Waals surface area contributed by atoms with Gasteiger partial charge in [0.2, 0.25) is 0 Å². The van der Waals surface area contributed by atoms with Crippen molar-refractivity contribution in [1.29, 1.82) is 0 Å². The summed E-state index contributed by atoms with van der Waals surface area (Å²) in [6.45, 7) is 1.84. The van der Waals surface area contributed by atoms with E-state index in [0.29, 0.717) is 10.2 Å². The van der Waals surface area contributed by atoms with Crippen LogP contribution in [0.25, 0.3) is 10.2 Å². The zero-order chi connectivity index (χ0) is 8.72. The summed E-state index contributed by atoms with van der Waals surface area (Å²) in [7, 11) is 0. The summed E-state index contributed by atoms with van der Waals surface area (Å²) in [6.07, 6.45) is 0. The minimum absolute atomic E-state index is 0.405. The summed E-state index contributed by atoms with van der Waals surface area (Å²) >= 11 is 1.26. The fourth-order valence-electron chi connectivity index (χ4n) is 0.965. The Morgan fingerprint density at radius 1 is 1.50 bits per heavy atom. The molecule has 0 aromatic carbocycles. The molecule has 5 heteroatoms. The summed E-state index contributed by atoms with van der Waals surface area (Å²) in [5, 5.41) is 17.8. The highest BCUT2D eigenvalue weighted by molar-refractivity contribution is 7.17. The Morgan fingerprint density at radius 3 is 3.00 bits per heavy atom. The number of hydrogen-bond donors (Lipinski definition) is 1. The van der Waals surface area contributed by atoms with E-state index in [1.54, 1.807) is 5.38 Å². The van der Waals surface area contributed by atoms with Crippen molar-refractivity contribution in [2.75, 3.05) is 0 Å². The molecular formula is C7H5FN2OS. The Kier molecular flexibility index (Phi) is 1.47. The summed E-state index contributed by atoms with van der Waals surface area (Å²) in [6, 6.07) is 0. The first kappa shape index (κ1) is 7.42. The van der Waals surface area contributed by atoms with Crippen LogP contribution in [0, 0.1) is 12.9 Å². The Morgan fingerprint density at radius 2 is 2.25 bits per heavy atom. The zero-order valence-corrected chi connectivity index (χ0v) is 7.02. The van der Waals surface area contributed by atoms with Gasteiger partial charge in [-0.25, -0.2) is 0 Å². The molecule has 2 aromatic heterocycles. The Labute approximate surface area is 71.5 Å². The maximum atomic E-state index is 12.6. The molecule has 0 amide bonds. The van der Waals surface area contributed by atoms with Gasteiger partial charge in [-0.05, 0) is 17.9 Å². The Balaban J connectivity index is 2.93. The molecule has 0 saturated carbocycles. The van der Waals surface area contributed by atoms with Crippen molar-refractivity contribution in [3.63, 3.8) is 0 Å². The zero-order valence-electron chi connectivity index (χ0n) is 6.21. The third-order valence-electron chi connectivity index (χ3n) is 1.59. The van der Waals surface area contributed by atoms with Crippen molar-refractivity contribution in [2.45, 2.75) is 6.92 Å². The van der Waals surface area contributed by atoms with Crippen LogP contribution in [0.5, 0.6) is 5.75 Å². The summed E-state index contributed by atoms with van der Waals surface area (Å²) in [5.74, 6) is -1.32. The van der Waals surface area contributed by atoms with Gasteiger partial charge >= 0.3 is 0 Å². The van der Waals surface area contributed by atoms with Crippen LogP contribution in [0.2, 0.25) is 0 Å². The number of hydrogen-bond acceptors (Lipinski definition) is 4. The maximum Gasteiger partial charge on any atom is 0.276 e. The van der Waals surface area contributed by atoms with Crippen LogP contribution >= 0.6 is 11.3 Å². The second-order valence-corrected chi connectivity index (χ2v) is 3.32. The smallest absolute Gasteiger partial charge is 0.276 e. The highest BCUT2D eigenvalue weighted by Crippen LogP contribution is 2.31. The lowest BCUT2D eigenvalue weighted by Gasteiger charge is -1.93. The minimum atomic E-state index is -0.913. The van der Waals surface area contributed by atoms with Gasteiger partial charge in [0, 0.05) is 0 Å². The Bertz CT molecular complexity index is 440. The number of aryl methyl sites for hydroxylation is 1. The van der Waals surface area contributed by atoms with Gasteiger partial charge in [0.15, 0.2) is 5.75 Å². The number of thiophene rings is 1. The van der Waals surface area contributed by atoms with Crippen molar-refractivity contribution in [3.05, 3.63) is 16.9 Å². The van der Waals surface area contributed by atoms with Gasteiger partial charge < -0.3 is 5.11 Å². The molecule has 0 spiro atoms. The van der Waals surface area contributed by atoms with Gasteiger partial charge in [-0.1, -0.05) is 0 Å². The van der Waals surface area contributed by atoms with E-state index >= 15 is 0 Å². The van der Waals surface area contributed by atoms with E-state index in [-0.39, 0.29) is 0 Å². The first-order valence-electron chi connectivity index (χ1n) is 3.29. The average molecular weight is 184 g/mol. The third-order valence-corrected chi connectivity index (χ3v) is 2.68. The van der Waals surface area contributed by atoms with Crippen LogP contribution in [-0.4, -0.2) is 15.3 Å². The monoisotopic (exact) mass is 184 g/mol. The molecule has 0 unspecified atom stereocenters. The Hall–Kier alpha value is -1.23. The normalized spacial score (nSPS) is 10.8. The van der Waals surface area contributed by atoms with E-state index in [1.807, 2.05) is 6.92 Å². The third kappa shape index (κ3) is 0.863. The van der Waals surface area contributed by atoms with Crippen LogP contribution < -0.4 is 0 Å². The van der Waals surface area contributed by atoms with Crippen molar-refractivity contribution in [1.82, 2.24) is 10.2 Å². The first-order chi connectivity index (χ1) is 5.70. The van der Waals surface area contributed by atoms with Crippen LogP contribution in [0.1, 0.15) is 5.56 Å². The quantitative estimate of drug-likeness (QED) is 0.679. The predicted octanol–water partition coefficient (Wildman–Crippen LogP) is 1.84. The lowest BCUT2D eigenvalue weighted by atomic mass is 10.3. The van der Waals surface area contributed by atoms with E-state index in [4.69, 9.17) is 0 Å². The summed E-state index contributed by atoms with van der Waals surface area (Å²) < 4.78 is 13.1. The van der Waals surface area contributed by atoms with E-state index in [0.717, 1.165) is 5.56 Å². The molecule has 0 fully saturated rings. The number of aromatic nitrogens is 2. The molecule has 2 aromatic rings. The largest absolute Gasteiger partial charge is 0.503 e. The van der Waals surface area contributed by atoms with Crippen LogP contribution in [0.3, 0.4) is 0 Å². The molecule has 1 N–H and O–H groups in total. The van der Waals surface area contributed by atoms with Gasteiger partial charge in [0.05, 0.1) is 0 Å². The van der Waals surface area contributed by atoms with Crippen molar-refractivity contribution >= 4 is 21.6 Å². The van der Waals surface area contributed by atoms with E-state index in [1.165, 1.54) is 11.3 Å². The number of fused-ring (bicyclic) bond motifs is 1. The van der Waals surface area contributed by atoms with Crippen LogP contribution in [0.4, 0.5) is 4.39 Å². The fourth-order valence-corrected chi connectivity index (χ4v) is 1.88. The highest BCUT2D eigenvalue weighted by Gasteiger charge is 2.11. The molecule has 0 atom stereocenters. The number of rotatable bonds is 0. The van der Waals surface area contributed by atoms with E-state index < -0.39 is 11.7 Å². The van der Waals surface area contributed by atoms with Gasteiger partial charge in [-0.15, -0.1) is 21.5 Å². The van der Waals surface area contributed by atoms with Crippen LogP contribution in [0.15, 0.2) is 5.38 Å². The topological polar surface area (TPSA) is 46.0 Å². The maximum absolute atomic E-state index is 12.6.